The maximum atomic E-state index is 13.0. The van der Waals surface area contributed by atoms with Gasteiger partial charge in [0.2, 0.25) is 0 Å². The highest BCUT2D eigenvalue weighted by atomic mass is 32.2. The monoisotopic (exact) mass is 360 g/mol. The van der Waals surface area contributed by atoms with Gasteiger partial charge < -0.3 is 5.32 Å². The molecule has 1 amide bonds. The second-order valence-corrected chi connectivity index (χ2v) is 6.15. The summed E-state index contributed by atoms with van der Waals surface area (Å²) in [5.74, 6) is -3.63. The predicted octanol–water partition coefficient (Wildman–Crippen LogP) is 1.95. The first-order valence-electron chi connectivity index (χ1n) is 6.42. The molecule has 0 aliphatic rings. The topological polar surface area (TPSA) is 84.5 Å². The van der Waals surface area contributed by atoms with Crippen LogP contribution in [0.25, 0.3) is 0 Å². The van der Waals surface area contributed by atoms with Gasteiger partial charge in [-0.1, -0.05) is 4.89 Å². The van der Waals surface area contributed by atoms with Crippen molar-refractivity contribution in [1.82, 2.24) is 4.89 Å². The van der Waals surface area contributed by atoms with Gasteiger partial charge in [-0.2, -0.15) is 0 Å². The summed E-state index contributed by atoms with van der Waals surface area (Å²) in [6.45, 7) is -0.723. The average Bonchev–Trinajstić information content (AvgIpc) is 2.51. The van der Waals surface area contributed by atoms with Crippen LogP contribution in [0.3, 0.4) is 0 Å². The molecular weight excluding hydrogens is 349 g/mol. The van der Waals surface area contributed by atoms with E-state index in [1.165, 1.54) is 0 Å². The Morgan fingerprint density at radius 2 is 1.67 bits per heavy atom. The average molecular weight is 360 g/mol. The number of carbonyl (C=O) groups excluding carboxylic acids is 1. The zero-order chi connectivity index (χ0) is 17.7. The summed E-state index contributed by atoms with van der Waals surface area (Å²) < 4.78 is 62.0. The molecule has 0 fully saturated rings. The molecular formula is C14H11F3N2O4S. The van der Waals surface area contributed by atoms with E-state index in [0.717, 1.165) is 42.5 Å². The minimum atomic E-state index is -4.09. The van der Waals surface area contributed by atoms with Crippen molar-refractivity contribution in [3.8, 4) is 0 Å². The van der Waals surface area contributed by atoms with Crippen LogP contribution in [0.1, 0.15) is 0 Å². The Kier molecular flexibility index (Phi) is 5.54. The molecule has 0 spiro atoms. The SMILES string of the molecule is O=C(CONS(=O)(=O)c1ccc(F)cc1)Nc1ccc(F)c(F)c1. The number of halogens is 3. The fourth-order valence-electron chi connectivity index (χ4n) is 1.61. The van der Waals surface area contributed by atoms with E-state index in [9.17, 15) is 26.4 Å². The molecule has 2 aromatic carbocycles. The molecule has 10 heteroatoms. The molecule has 128 valence electrons. The molecule has 6 nitrogen and oxygen atoms in total. The van der Waals surface area contributed by atoms with Crippen LogP contribution in [-0.4, -0.2) is 20.9 Å². The van der Waals surface area contributed by atoms with Crippen LogP contribution in [-0.2, 0) is 19.7 Å². The van der Waals surface area contributed by atoms with Gasteiger partial charge >= 0.3 is 0 Å². The number of sulfonamides is 1. The lowest BCUT2D eigenvalue weighted by Crippen LogP contribution is -2.29. The smallest absolute Gasteiger partial charge is 0.262 e. The van der Waals surface area contributed by atoms with E-state index in [4.69, 9.17) is 0 Å². The van der Waals surface area contributed by atoms with E-state index in [0.29, 0.717) is 0 Å². The summed E-state index contributed by atoms with van der Waals surface area (Å²) in [5.41, 5.74) is -0.0242. The Morgan fingerprint density at radius 1 is 1.00 bits per heavy atom. The number of benzene rings is 2. The molecule has 0 saturated carbocycles. The summed E-state index contributed by atoms with van der Waals surface area (Å²) in [6.07, 6.45) is 0. The summed E-state index contributed by atoms with van der Waals surface area (Å²) in [4.78, 5) is 17.5. The summed E-state index contributed by atoms with van der Waals surface area (Å²) in [5, 5.41) is 2.19. The van der Waals surface area contributed by atoms with Crippen LogP contribution in [0.4, 0.5) is 18.9 Å². The minimum absolute atomic E-state index is 0.0242. The molecule has 0 aromatic heterocycles. The number of rotatable bonds is 6. The van der Waals surface area contributed by atoms with Crippen molar-refractivity contribution in [2.75, 3.05) is 11.9 Å². The van der Waals surface area contributed by atoms with Gasteiger partial charge in [0.05, 0.1) is 4.90 Å². The standard InChI is InChI=1S/C14H11F3N2O4S/c15-9-1-4-11(5-2-9)24(21,22)19-23-8-14(20)18-10-3-6-12(16)13(17)7-10/h1-7,19H,8H2,(H,18,20). The molecule has 0 radical (unpaired) electrons. The van der Waals surface area contributed by atoms with Gasteiger partial charge in [0.1, 0.15) is 12.4 Å². The number of hydrogen-bond acceptors (Lipinski definition) is 4. The molecule has 0 atom stereocenters. The predicted molar refractivity (Wildman–Crippen MR) is 77.7 cm³/mol. The van der Waals surface area contributed by atoms with E-state index in [-0.39, 0.29) is 10.6 Å². The molecule has 24 heavy (non-hydrogen) atoms. The van der Waals surface area contributed by atoms with Crippen molar-refractivity contribution < 1.29 is 31.2 Å². The number of nitrogens with one attached hydrogen (secondary N) is 2. The van der Waals surface area contributed by atoms with Crippen LogP contribution >= 0.6 is 0 Å². The van der Waals surface area contributed by atoms with E-state index in [2.05, 4.69) is 10.2 Å². The third-order valence-corrected chi connectivity index (χ3v) is 3.93. The van der Waals surface area contributed by atoms with Crippen LogP contribution in [0.2, 0.25) is 0 Å². The highest BCUT2D eigenvalue weighted by Crippen LogP contribution is 2.13. The summed E-state index contributed by atoms with van der Waals surface area (Å²) >= 11 is 0. The lowest BCUT2D eigenvalue weighted by atomic mass is 10.3. The highest BCUT2D eigenvalue weighted by Gasteiger charge is 2.15. The largest absolute Gasteiger partial charge is 0.324 e. The summed E-state index contributed by atoms with van der Waals surface area (Å²) in [7, 11) is -4.09. The molecule has 2 aromatic rings. The molecule has 2 N–H and O–H groups in total. The fraction of sp³-hybridized carbons (Fsp3) is 0.0714. The summed E-state index contributed by atoms with van der Waals surface area (Å²) in [6, 6.07) is 6.64. The highest BCUT2D eigenvalue weighted by molar-refractivity contribution is 7.89. The lowest BCUT2D eigenvalue weighted by molar-refractivity contribution is -0.121. The van der Waals surface area contributed by atoms with Gasteiger partial charge in [-0.05, 0) is 36.4 Å². The zero-order valence-corrected chi connectivity index (χ0v) is 12.7. The van der Waals surface area contributed by atoms with Crippen molar-refractivity contribution >= 4 is 21.6 Å². The first kappa shape index (κ1) is 17.9. The number of carbonyl (C=O) groups is 1. The Hall–Kier alpha value is -2.43. The quantitative estimate of drug-likeness (QED) is 0.772. The van der Waals surface area contributed by atoms with Gasteiger partial charge in [-0.15, -0.1) is 0 Å². The molecule has 0 unspecified atom stereocenters. The molecule has 0 saturated heterocycles. The van der Waals surface area contributed by atoms with Crippen LogP contribution in [0, 0.1) is 17.5 Å². The Bertz CT molecular complexity index is 842. The number of hydrogen-bond donors (Lipinski definition) is 2. The number of anilines is 1. The van der Waals surface area contributed by atoms with E-state index in [1.807, 2.05) is 0 Å². The van der Waals surface area contributed by atoms with Gasteiger partial charge in [0.15, 0.2) is 11.6 Å². The zero-order valence-electron chi connectivity index (χ0n) is 11.9. The van der Waals surface area contributed by atoms with Crippen molar-refractivity contribution in [2.24, 2.45) is 0 Å². The molecule has 2 rings (SSSR count). The van der Waals surface area contributed by atoms with Crippen LogP contribution in [0.15, 0.2) is 47.4 Å². The molecule has 0 heterocycles. The van der Waals surface area contributed by atoms with Gasteiger partial charge in [-0.3, -0.25) is 9.63 Å². The lowest BCUT2D eigenvalue weighted by Gasteiger charge is -2.08. The normalized spacial score (nSPS) is 11.3. The fourth-order valence-corrected chi connectivity index (χ4v) is 2.41. The first-order valence-corrected chi connectivity index (χ1v) is 7.90. The van der Waals surface area contributed by atoms with E-state index in [1.54, 1.807) is 4.89 Å². The second kappa shape index (κ2) is 7.43. The van der Waals surface area contributed by atoms with Crippen molar-refractivity contribution in [3.63, 3.8) is 0 Å². The Labute approximate surface area is 135 Å². The minimum Gasteiger partial charge on any atom is -0.324 e. The van der Waals surface area contributed by atoms with Gasteiger partial charge in [0.25, 0.3) is 15.9 Å². The Morgan fingerprint density at radius 3 is 2.29 bits per heavy atom. The van der Waals surface area contributed by atoms with Crippen LogP contribution < -0.4 is 10.2 Å². The van der Waals surface area contributed by atoms with E-state index < -0.39 is 40.0 Å². The molecule has 0 bridgehead atoms. The molecule has 0 aliphatic heterocycles. The Balaban J connectivity index is 1.87. The first-order chi connectivity index (χ1) is 11.3. The third-order valence-electron chi connectivity index (χ3n) is 2.70. The van der Waals surface area contributed by atoms with E-state index >= 15 is 0 Å². The second-order valence-electron chi connectivity index (χ2n) is 4.51. The third kappa shape index (κ3) is 4.78. The van der Waals surface area contributed by atoms with Gasteiger partial charge in [0, 0.05) is 11.8 Å². The number of amides is 1. The van der Waals surface area contributed by atoms with Crippen molar-refractivity contribution in [2.45, 2.75) is 4.90 Å². The maximum Gasteiger partial charge on any atom is 0.262 e. The van der Waals surface area contributed by atoms with Crippen LogP contribution in [0.5, 0.6) is 0 Å². The van der Waals surface area contributed by atoms with Gasteiger partial charge in [-0.25, -0.2) is 21.6 Å². The van der Waals surface area contributed by atoms with Crippen molar-refractivity contribution in [3.05, 3.63) is 59.9 Å². The molecule has 0 aliphatic carbocycles. The van der Waals surface area contributed by atoms with Crippen molar-refractivity contribution in [1.29, 1.82) is 0 Å². The maximum absolute atomic E-state index is 13.0.